The highest BCUT2D eigenvalue weighted by Crippen LogP contribution is 2.31. The lowest BCUT2D eigenvalue weighted by Gasteiger charge is -2.43. The zero-order valence-electron chi connectivity index (χ0n) is 16.4. The molecule has 0 aliphatic carbocycles. The van der Waals surface area contributed by atoms with E-state index in [0.717, 1.165) is 36.0 Å². The van der Waals surface area contributed by atoms with Crippen LogP contribution in [0.5, 0.6) is 5.75 Å². The Balaban J connectivity index is 1.80. The highest BCUT2D eigenvalue weighted by atomic mass is 16.5. The molecule has 1 aromatic heterocycles. The second-order valence-corrected chi connectivity index (χ2v) is 7.16. The number of hydrogen-bond donors (Lipinski definition) is 1. The van der Waals surface area contributed by atoms with E-state index in [-0.39, 0.29) is 5.91 Å². The van der Waals surface area contributed by atoms with E-state index in [1.54, 1.807) is 26.1 Å². The van der Waals surface area contributed by atoms with Gasteiger partial charge in [-0.15, -0.1) is 5.10 Å². The molecule has 7 heteroatoms. The van der Waals surface area contributed by atoms with Crippen molar-refractivity contribution in [2.45, 2.75) is 25.3 Å². The number of aromatic nitrogens is 2. The molecule has 144 valence electrons. The number of anilines is 2. The van der Waals surface area contributed by atoms with Gasteiger partial charge >= 0.3 is 0 Å². The topological polar surface area (TPSA) is 70.6 Å². The van der Waals surface area contributed by atoms with Crippen LogP contribution < -0.4 is 15.0 Å². The Hall–Kier alpha value is -2.83. The Bertz CT molecular complexity index is 783. The van der Waals surface area contributed by atoms with Crippen molar-refractivity contribution in [3.05, 3.63) is 42.1 Å². The summed E-state index contributed by atoms with van der Waals surface area (Å²) in [6.07, 6.45) is 1.35. The van der Waals surface area contributed by atoms with Crippen LogP contribution in [0, 0.1) is 6.92 Å². The lowest BCUT2D eigenvalue weighted by molar-refractivity contribution is -0.134. The summed E-state index contributed by atoms with van der Waals surface area (Å²) >= 11 is 0. The molecule has 1 saturated heterocycles. The van der Waals surface area contributed by atoms with Gasteiger partial charge in [-0.25, -0.2) is 0 Å². The summed E-state index contributed by atoms with van der Waals surface area (Å²) in [4.78, 5) is 16.9. The molecule has 0 bridgehead atoms. The van der Waals surface area contributed by atoms with Crippen molar-refractivity contribution in [1.82, 2.24) is 15.1 Å². The fourth-order valence-electron chi connectivity index (χ4n) is 3.48. The van der Waals surface area contributed by atoms with E-state index in [9.17, 15) is 4.79 Å². The van der Waals surface area contributed by atoms with Crippen LogP contribution in [0.25, 0.3) is 0 Å². The van der Waals surface area contributed by atoms with Gasteiger partial charge < -0.3 is 19.9 Å². The molecule has 27 heavy (non-hydrogen) atoms. The quantitative estimate of drug-likeness (QED) is 0.872. The molecule has 1 aromatic carbocycles. The number of ether oxygens (including phenoxy) is 1. The minimum atomic E-state index is -0.648. The number of rotatable bonds is 5. The number of benzene rings is 1. The van der Waals surface area contributed by atoms with Crippen LogP contribution in [-0.4, -0.2) is 60.8 Å². The lowest BCUT2D eigenvalue weighted by Crippen LogP contribution is -2.58. The van der Waals surface area contributed by atoms with Crippen LogP contribution in [0.1, 0.15) is 18.5 Å². The molecule has 0 spiro atoms. The van der Waals surface area contributed by atoms with Crippen LogP contribution in [0.3, 0.4) is 0 Å². The molecule has 0 saturated carbocycles. The molecule has 0 unspecified atom stereocenters. The van der Waals surface area contributed by atoms with Gasteiger partial charge in [0.05, 0.1) is 12.8 Å². The first-order chi connectivity index (χ1) is 12.9. The summed E-state index contributed by atoms with van der Waals surface area (Å²) in [5.41, 5.74) is 1.13. The van der Waals surface area contributed by atoms with E-state index in [4.69, 9.17) is 4.74 Å². The minimum Gasteiger partial charge on any atom is -0.497 e. The lowest BCUT2D eigenvalue weighted by atomic mass is 9.85. The molecule has 2 aromatic rings. The van der Waals surface area contributed by atoms with E-state index in [1.807, 2.05) is 43.3 Å². The standard InChI is InChI=1S/C20H27N5O2/c1-15-8-9-18(23-22-15)25-12-10-20(11-13-25,19(26)24(2)3)21-16-6-5-7-17(14-16)27-4/h5-9,14,21H,10-13H2,1-4H3. The Morgan fingerprint density at radius 3 is 2.52 bits per heavy atom. The maximum atomic E-state index is 13.1. The van der Waals surface area contributed by atoms with Gasteiger partial charge in [-0.05, 0) is 44.0 Å². The number of aryl methyl sites for hydroxylation is 1. The van der Waals surface area contributed by atoms with Crippen LogP contribution in [0.4, 0.5) is 11.5 Å². The Kier molecular flexibility index (Phi) is 5.48. The molecule has 3 rings (SSSR count). The Morgan fingerprint density at radius 1 is 1.19 bits per heavy atom. The van der Waals surface area contributed by atoms with Crippen molar-refractivity contribution in [1.29, 1.82) is 0 Å². The number of piperidine rings is 1. The predicted octanol–water partition coefficient (Wildman–Crippen LogP) is 2.33. The molecule has 1 N–H and O–H groups in total. The fourth-order valence-corrected chi connectivity index (χ4v) is 3.48. The third-order valence-corrected chi connectivity index (χ3v) is 4.99. The minimum absolute atomic E-state index is 0.0833. The van der Waals surface area contributed by atoms with E-state index >= 15 is 0 Å². The fraction of sp³-hybridized carbons (Fsp3) is 0.450. The first-order valence-electron chi connectivity index (χ1n) is 9.13. The maximum absolute atomic E-state index is 13.1. The van der Waals surface area contributed by atoms with Gasteiger partial charge in [0.1, 0.15) is 11.3 Å². The zero-order chi connectivity index (χ0) is 19.4. The molecule has 0 radical (unpaired) electrons. The van der Waals surface area contributed by atoms with Crippen molar-refractivity contribution in [2.75, 3.05) is 44.5 Å². The molecular weight excluding hydrogens is 342 g/mol. The number of likely N-dealkylation sites (N-methyl/N-ethyl adjacent to an activating group) is 1. The van der Waals surface area contributed by atoms with Crippen molar-refractivity contribution >= 4 is 17.4 Å². The Morgan fingerprint density at radius 2 is 1.93 bits per heavy atom. The summed E-state index contributed by atoms with van der Waals surface area (Å²) in [6, 6.07) is 11.6. The summed E-state index contributed by atoms with van der Waals surface area (Å²) < 4.78 is 5.31. The molecule has 0 atom stereocenters. The van der Waals surface area contributed by atoms with Crippen molar-refractivity contribution in [2.24, 2.45) is 0 Å². The van der Waals surface area contributed by atoms with Gasteiger partial charge in [0.2, 0.25) is 5.91 Å². The maximum Gasteiger partial charge on any atom is 0.247 e. The second-order valence-electron chi connectivity index (χ2n) is 7.16. The molecule has 2 heterocycles. The van der Waals surface area contributed by atoms with Crippen molar-refractivity contribution in [3.8, 4) is 5.75 Å². The van der Waals surface area contributed by atoms with Gasteiger partial charge in [-0.2, -0.15) is 5.10 Å². The third-order valence-electron chi connectivity index (χ3n) is 4.99. The van der Waals surface area contributed by atoms with Gasteiger partial charge in [0.15, 0.2) is 5.82 Å². The average molecular weight is 369 g/mol. The smallest absolute Gasteiger partial charge is 0.247 e. The predicted molar refractivity (Wildman–Crippen MR) is 106 cm³/mol. The SMILES string of the molecule is COc1cccc(NC2(C(=O)N(C)C)CCN(c3ccc(C)nn3)CC2)c1. The van der Waals surface area contributed by atoms with Crippen LogP contribution >= 0.6 is 0 Å². The van der Waals surface area contributed by atoms with Crippen LogP contribution in [0.15, 0.2) is 36.4 Å². The zero-order valence-corrected chi connectivity index (χ0v) is 16.4. The van der Waals surface area contributed by atoms with Crippen LogP contribution in [0.2, 0.25) is 0 Å². The van der Waals surface area contributed by atoms with E-state index in [1.165, 1.54) is 0 Å². The van der Waals surface area contributed by atoms with E-state index in [2.05, 4.69) is 20.4 Å². The van der Waals surface area contributed by atoms with Gasteiger partial charge in [-0.3, -0.25) is 4.79 Å². The van der Waals surface area contributed by atoms with E-state index < -0.39 is 5.54 Å². The van der Waals surface area contributed by atoms with Crippen LogP contribution in [-0.2, 0) is 4.79 Å². The number of nitrogens with one attached hydrogen (secondary N) is 1. The normalized spacial score (nSPS) is 15.9. The molecule has 1 aliphatic rings. The van der Waals surface area contributed by atoms with Gasteiger partial charge in [-0.1, -0.05) is 6.07 Å². The monoisotopic (exact) mass is 369 g/mol. The average Bonchev–Trinajstić information content (AvgIpc) is 2.68. The number of methoxy groups -OCH3 is 1. The number of amides is 1. The summed E-state index contributed by atoms with van der Waals surface area (Å²) in [6.45, 7) is 3.38. The highest BCUT2D eigenvalue weighted by molar-refractivity contribution is 5.89. The number of carbonyl (C=O) groups is 1. The summed E-state index contributed by atoms with van der Waals surface area (Å²) in [5.74, 6) is 1.70. The van der Waals surface area contributed by atoms with Gasteiger partial charge in [0.25, 0.3) is 0 Å². The summed E-state index contributed by atoms with van der Waals surface area (Å²) in [7, 11) is 5.24. The molecule has 1 amide bonds. The number of hydrogen-bond acceptors (Lipinski definition) is 6. The first kappa shape index (κ1) is 18.9. The third kappa shape index (κ3) is 4.13. The molecule has 7 nitrogen and oxygen atoms in total. The van der Waals surface area contributed by atoms with E-state index in [0.29, 0.717) is 12.8 Å². The Labute approximate surface area is 160 Å². The highest BCUT2D eigenvalue weighted by Gasteiger charge is 2.42. The molecular formula is C20H27N5O2. The number of nitrogens with zero attached hydrogens (tertiary/aromatic N) is 4. The number of carbonyl (C=O) groups excluding carboxylic acids is 1. The second kappa shape index (κ2) is 7.82. The first-order valence-corrected chi connectivity index (χ1v) is 9.13. The van der Waals surface area contributed by atoms with Crippen molar-refractivity contribution < 1.29 is 9.53 Å². The summed E-state index contributed by atoms with van der Waals surface area (Å²) in [5, 5.41) is 11.9. The van der Waals surface area contributed by atoms with Gasteiger partial charge in [0, 0.05) is 38.9 Å². The molecule has 1 fully saturated rings. The largest absolute Gasteiger partial charge is 0.497 e. The molecule has 1 aliphatic heterocycles. The van der Waals surface area contributed by atoms with Crippen molar-refractivity contribution in [3.63, 3.8) is 0 Å².